The molecule has 72 heavy (non-hydrogen) atoms. The van der Waals surface area contributed by atoms with Crippen LogP contribution in [0, 0.1) is 29.1 Å². The average Bonchev–Trinajstić information content (AvgIpc) is 3.31. The normalized spacial score (nSPS) is 13.9. The molecule has 0 aliphatic heterocycles. The van der Waals surface area contributed by atoms with Gasteiger partial charge in [0.25, 0.3) is 0 Å². The van der Waals surface area contributed by atoms with E-state index in [1.165, 1.54) is 25.7 Å². The molecule has 0 aromatic heterocycles. The van der Waals surface area contributed by atoms with Crippen LogP contribution in [0.1, 0.15) is 160 Å². The molecule has 2 aromatic carbocycles. The zero-order valence-corrected chi connectivity index (χ0v) is 46.3. The molecule has 0 bridgehead atoms. The molecule has 0 saturated carbocycles. The first-order valence-corrected chi connectivity index (χ1v) is 25.6. The number of amides is 6. The summed E-state index contributed by atoms with van der Waals surface area (Å²) in [4.78, 5) is 105. The number of likely N-dealkylation sites (N-methyl/N-ethyl adjacent to an activating group) is 1. The van der Waals surface area contributed by atoms with Crippen molar-refractivity contribution < 1.29 is 48.2 Å². The Morgan fingerprint density at radius 2 is 1.31 bits per heavy atom. The van der Waals surface area contributed by atoms with E-state index in [0.717, 1.165) is 5.56 Å². The van der Waals surface area contributed by atoms with Gasteiger partial charge in [-0.3, -0.25) is 29.3 Å². The van der Waals surface area contributed by atoms with Crippen molar-refractivity contribution in [1.29, 1.82) is 0 Å². The molecule has 402 valence electrons. The number of carbonyl (C=O) groups is 8. The van der Waals surface area contributed by atoms with E-state index in [0.29, 0.717) is 49.0 Å². The Hall–Kier alpha value is -6.06. The third kappa shape index (κ3) is 20.2. The zero-order valence-electron chi connectivity index (χ0n) is 46.3. The summed E-state index contributed by atoms with van der Waals surface area (Å²) in [5, 5.41) is 23.7. The molecular formula is C56H88N6O10. The van der Waals surface area contributed by atoms with E-state index in [1.807, 2.05) is 88.3 Å². The third-order valence-corrected chi connectivity index (χ3v) is 12.9. The molecule has 3 unspecified atom stereocenters. The van der Waals surface area contributed by atoms with E-state index in [4.69, 9.17) is 4.74 Å². The number of unbranched alkanes of at least 4 members (excludes halogenated alkanes) is 1. The number of hydrogen-bond donors (Lipinski definition) is 6. The zero-order chi connectivity index (χ0) is 55.3. The first-order chi connectivity index (χ1) is 33.5. The standard InChI is InChI=1S/C54H82N6O10.C2H6/c1-16-38(17-2)44(48(64)59-46(53(10,11)12)50(66)60(15)42(32(3)4)29-34(7)51(67)68)54(13,14)39-22-20-23-41(30-39)57-52(69)70-31-37-25-27-40(28-26-37)56-47(63)36(9)55-49(65)45(33(5)6)58-43(62)24-19-18-21-35(8)61;1-2/h20,22-23,25-30,32-33,36,38,42,44-46H,16-19,21,24,31H2,1-15H3,(H,55,65)(H,56,63)(H,57,69)(H,58,62)(H,59,64)(H,67,68);1-2H3/b34-29+;/t36?,42-,44?,45+,46?;/m1./s1. The molecule has 0 spiro atoms. The van der Waals surface area contributed by atoms with Crippen molar-refractivity contribution in [2.24, 2.45) is 29.1 Å². The highest BCUT2D eigenvalue weighted by Crippen LogP contribution is 2.40. The topological polar surface area (TPSA) is 229 Å². The second kappa shape index (κ2) is 30.1. The van der Waals surface area contributed by atoms with Crippen LogP contribution in [0.5, 0.6) is 0 Å². The molecule has 2 rings (SSSR count). The Morgan fingerprint density at radius 3 is 1.82 bits per heavy atom. The fraction of sp³-hybridized carbons (Fsp3) is 0.607. The van der Waals surface area contributed by atoms with E-state index in [1.54, 1.807) is 63.4 Å². The fourth-order valence-electron chi connectivity index (χ4n) is 8.43. The van der Waals surface area contributed by atoms with Crippen molar-refractivity contribution >= 4 is 58.8 Å². The van der Waals surface area contributed by atoms with Crippen molar-refractivity contribution in [3.8, 4) is 0 Å². The highest BCUT2D eigenvalue weighted by Gasteiger charge is 2.44. The van der Waals surface area contributed by atoms with Crippen molar-refractivity contribution in [3.63, 3.8) is 0 Å². The number of rotatable bonds is 26. The van der Waals surface area contributed by atoms with Crippen molar-refractivity contribution in [2.45, 2.75) is 185 Å². The monoisotopic (exact) mass is 1000 g/mol. The van der Waals surface area contributed by atoms with Gasteiger partial charge in [-0.15, -0.1) is 0 Å². The number of anilines is 2. The molecule has 0 aliphatic carbocycles. The number of carboxylic acids is 1. The molecule has 0 heterocycles. The predicted molar refractivity (Wildman–Crippen MR) is 285 cm³/mol. The number of nitrogens with one attached hydrogen (secondary N) is 5. The molecule has 6 N–H and O–H groups in total. The molecule has 16 nitrogen and oxygen atoms in total. The van der Waals surface area contributed by atoms with Crippen LogP contribution in [0.3, 0.4) is 0 Å². The highest BCUT2D eigenvalue weighted by molar-refractivity contribution is 5.98. The Balaban J connectivity index is 0.0000128. The van der Waals surface area contributed by atoms with Gasteiger partial charge in [0.1, 0.15) is 30.5 Å². The molecule has 0 aliphatic rings. The fourth-order valence-corrected chi connectivity index (χ4v) is 8.43. The minimum absolute atomic E-state index is 0.0579. The predicted octanol–water partition coefficient (Wildman–Crippen LogP) is 9.57. The number of ether oxygens (including phenoxy) is 1. The Bertz CT molecular complexity index is 2160. The molecule has 2 aromatic rings. The van der Waals surface area contributed by atoms with Gasteiger partial charge >= 0.3 is 12.1 Å². The lowest BCUT2D eigenvalue weighted by molar-refractivity contribution is -0.142. The van der Waals surface area contributed by atoms with Gasteiger partial charge < -0.3 is 40.8 Å². The first-order valence-electron chi connectivity index (χ1n) is 25.6. The summed E-state index contributed by atoms with van der Waals surface area (Å²) in [5.74, 6) is -3.88. The summed E-state index contributed by atoms with van der Waals surface area (Å²) in [6.07, 6.45) is 3.96. The van der Waals surface area contributed by atoms with Crippen molar-refractivity contribution in [3.05, 3.63) is 71.3 Å². The number of benzene rings is 2. The average molecular weight is 1010 g/mol. The molecular weight excluding hydrogens is 917 g/mol. The van der Waals surface area contributed by atoms with Crippen molar-refractivity contribution in [2.75, 3.05) is 17.7 Å². The van der Waals surface area contributed by atoms with Gasteiger partial charge in [0.05, 0.1) is 6.04 Å². The van der Waals surface area contributed by atoms with Crippen LogP contribution in [0.4, 0.5) is 16.2 Å². The minimum atomic E-state index is -1.07. The smallest absolute Gasteiger partial charge is 0.411 e. The van der Waals surface area contributed by atoms with E-state index < -0.39 is 64.8 Å². The number of carbonyl (C=O) groups excluding carboxylic acids is 7. The molecule has 6 amide bonds. The van der Waals surface area contributed by atoms with E-state index in [-0.39, 0.29) is 59.9 Å². The molecule has 0 saturated heterocycles. The lowest BCUT2D eigenvalue weighted by atomic mass is 9.65. The van der Waals surface area contributed by atoms with Gasteiger partial charge in [-0.05, 0) is 92.2 Å². The van der Waals surface area contributed by atoms with Gasteiger partial charge in [-0.25, -0.2) is 9.59 Å². The van der Waals surface area contributed by atoms with Gasteiger partial charge in [0, 0.05) is 48.2 Å². The number of nitrogens with zero attached hydrogens (tertiary/aromatic N) is 1. The van der Waals surface area contributed by atoms with Gasteiger partial charge in [0.2, 0.25) is 29.5 Å². The van der Waals surface area contributed by atoms with E-state index >= 15 is 0 Å². The summed E-state index contributed by atoms with van der Waals surface area (Å²) >= 11 is 0. The SMILES string of the molecule is CC.CCC(CC)C(C(=O)NC(C(=O)N(C)[C@H](/C=C(\C)C(=O)O)C(C)C)C(C)(C)C)C(C)(C)c1cccc(NC(=O)OCc2ccc(NC(=O)C(C)NC(=O)[C@@H](NC(=O)CCCCC(C)=O)C(C)C)cc2)c1. The lowest BCUT2D eigenvalue weighted by Gasteiger charge is -2.42. The Kier molecular flexibility index (Phi) is 26.7. The van der Waals surface area contributed by atoms with Crippen LogP contribution in [-0.4, -0.2) is 88.6 Å². The summed E-state index contributed by atoms with van der Waals surface area (Å²) in [6, 6.07) is 10.7. The Labute approximate surface area is 430 Å². The summed E-state index contributed by atoms with van der Waals surface area (Å²) in [7, 11) is 1.64. The van der Waals surface area contributed by atoms with E-state index in [9.17, 15) is 43.5 Å². The van der Waals surface area contributed by atoms with Gasteiger partial charge in [0.15, 0.2) is 0 Å². The second-order valence-corrected chi connectivity index (χ2v) is 20.8. The lowest BCUT2D eigenvalue weighted by Crippen LogP contribution is -2.59. The minimum Gasteiger partial charge on any atom is -0.478 e. The quantitative estimate of drug-likeness (QED) is 0.0386. The first kappa shape index (κ1) is 64.0. The third-order valence-electron chi connectivity index (χ3n) is 12.9. The van der Waals surface area contributed by atoms with Crippen LogP contribution < -0.4 is 26.6 Å². The van der Waals surface area contributed by atoms with Crippen LogP contribution >= 0.6 is 0 Å². The molecule has 5 atom stereocenters. The van der Waals surface area contributed by atoms with Crippen LogP contribution in [0.15, 0.2) is 60.2 Å². The number of aliphatic carboxylic acids is 1. The maximum atomic E-state index is 14.7. The molecule has 16 heteroatoms. The van der Waals surface area contributed by atoms with E-state index in [2.05, 4.69) is 26.6 Å². The number of Topliss-reactive ketones (excluding diaryl/α,β-unsaturated/α-hetero) is 1. The van der Waals surface area contributed by atoms with Gasteiger partial charge in [-0.1, -0.05) is 133 Å². The molecule has 0 radical (unpaired) electrons. The summed E-state index contributed by atoms with van der Waals surface area (Å²) in [6.45, 7) is 29.6. The largest absolute Gasteiger partial charge is 0.478 e. The summed E-state index contributed by atoms with van der Waals surface area (Å²) < 4.78 is 5.55. The summed E-state index contributed by atoms with van der Waals surface area (Å²) in [5.41, 5.74) is 0.980. The number of hydrogen-bond acceptors (Lipinski definition) is 9. The molecule has 0 fully saturated rings. The number of ketones is 1. The highest BCUT2D eigenvalue weighted by atomic mass is 16.5. The van der Waals surface area contributed by atoms with Crippen molar-refractivity contribution in [1.82, 2.24) is 20.9 Å². The van der Waals surface area contributed by atoms with Crippen LogP contribution in [0.2, 0.25) is 0 Å². The Morgan fingerprint density at radius 1 is 0.722 bits per heavy atom. The van der Waals surface area contributed by atoms with Crippen LogP contribution in [-0.2, 0) is 50.3 Å². The second-order valence-electron chi connectivity index (χ2n) is 20.8. The maximum Gasteiger partial charge on any atom is 0.411 e. The van der Waals surface area contributed by atoms with Crippen LogP contribution in [0.25, 0.3) is 0 Å². The van der Waals surface area contributed by atoms with Gasteiger partial charge in [-0.2, -0.15) is 0 Å². The maximum absolute atomic E-state index is 14.7. The number of carboxylic acid groups (broad SMARTS) is 1.